The number of nitrogens with zero attached hydrogens (tertiary/aromatic N) is 3. The number of nitrogens with two attached hydrogens (primary N) is 1. The Hall–Kier alpha value is -1.57. The third-order valence-corrected chi connectivity index (χ3v) is 2.19. The largest absolute Gasteiger partial charge is 0.324 e. The van der Waals surface area contributed by atoms with E-state index >= 15 is 0 Å². The van der Waals surface area contributed by atoms with Gasteiger partial charge in [0.1, 0.15) is 11.9 Å². The van der Waals surface area contributed by atoms with Crippen molar-refractivity contribution in [3.8, 4) is 6.07 Å². The van der Waals surface area contributed by atoms with E-state index in [0.717, 1.165) is 5.52 Å². The lowest BCUT2D eigenvalue weighted by atomic mass is 10.3. The summed E-state index contributed by atoms with van der Waals surface area (Å²) in [6.07, 6.45) is 1.70. The molecule has 2 aromatic rings. The van der Waals surface area contributed by atoms with Crippen molar-refractivity contribution in [2.45, 2.75) is 6.54 Å². The Morgan fingerprint density at radius 2 is 2.36 bits per heavy atom. The van der Waals surface area contributed by atoms with Crippen molar-refractivity contribution < 1.29 is 0 Å². The summed E-state index contributed by atoms with van der Waals surface area (Å²) >= 11 is 5.83. The zero-order chi connectivity index (χ0) is 10.1. The molecule has 0 aliphatic rings. The van der Waals surface area contributed by atoms with Crippen LogP contribution in [0.4, 0.5) is 0 Å². The maximum atomic E-state index is 8.81. The van der Waals surface area contributed by atoms with E-state index in [1.165, 1.54) is 0 Å². The molecule has 0 saturated heterocycles. The Morgan fingerprint density at radius 1 is 1.57 bits per heavy atom. The highest BCUT2D eigenvalue weighted by molar-refractivity contribution is 6.30. The molecule has 0 radical (unpaired) electrons. The Kier molecular flexibility index (Phi) is 2.12. The Bertz CT molecular complexity index is 523. The van der Waals surface area contributed by atoms with Crippen LogP contribution >= 0.6 is 11.6 Å². The molecule has 2 aromatic heterocycles. The predicted molar refractivity (Wildman–Crippen MR) is 52.8 cm³/mol. The zero-order valence-corrected chi connectivity index (χ0v) is 7.99. The molecular formula is C9H7ClN4. The van der Waals surface area contributed by atoms with E-state index in [1.54, 1.807) is 22.7 Å². The molecule has 0 aliphatic heterocycles. The minimum atomic E-state index is 0.281. The first-order valence-corrected chi connectivity index (χ1v) is 4.40. The minimum Gasteiger partial charge on any atom is -0.324 e. The number of rotatable bonds is 1. The third kappa shape index (κ3) is 1.23. The summed E-state index contributed by atoms with van der Waals surface area (Å²) < 4.78 is 1.74. The predicted octanol–water partition coefficient (Wildman–Crippen LogP) is 1.32. The summed E-state index contributed by atoms with van der Waals surface area (Å²) in [4.78, 5) is 4.09. The first-order valence-electron chi connectivity index (χ1n) is 4.03. The Balaban J connectivity index is 2.84. The lowest BCUT2D eigenvalue weighted by Crippen LogP contribution is -2.02. The van der Waals surface area contributed by atoms with Gasteiger partial charge in [-0.15, -0.1) is 0 Å². The van der Waals surface area contributed by atoms with E-state index < -0.39 is 0 Å². The molecule has 2 heterocycles. The molecule has 0 unspecified atom stereocenters. The van der Waals surface area contributed by atoms with Crippen molar-refractivity contribution in [1.82, 2.24) is 9.38 Å². The van der Waals surface area contributed by atoms with Gasteiger partial charge in [0.05, 0.1) is 17.1 Å². The fourth-order valence-electron chi connectivity index (χ4n) is 1.35. The highest BCUT2D eigenvalue weighted by Gasteiger charge is 2.08. The van der Waals surface area contributed by atoms with Gasteiger partial charge in [-0.25, -0.2) is 4.98 Å². The highest BCUT2D eigenvalue weighted by Crippen LogP contribution is 2.16. The number of hydrogen-bond acceptors (Lipinski definition) is 3. The first kappa shape index (κ1) is 9.00. The van der Waals surface area contributed by atoms with Gasteiger partial charge in [-0.1, -0.05) is 11.6 Å². The van der Waals surface area contributed by atoms with Gasteiger partial charge in [0.25, 0.3) is 0 Å². The highest BCUT2D eigenvalue weighted by atomic mass is 35.5. The number of aromatic nitrogens is 2. The summed E-state index contributed by atoms with van der Waals surface area (Å²) in [5.41, 5.74) is 6.61. The van der Waals surface area contributed by atoms with E-state index in [2.05, 4.69) is 4.98 Å². The second-order valence-electron chi connectivity index (χ2n) is 2.80. The van der Waals surface area contributed by atoms with Crippen LogP contribution in [0.15, 0.2) is 18.3 Å². The van der Waals surface area contributed by atoms with Crippen molar-refractivity contribution >= 4 is 17.1 Å². The molecule has 2 N–H and O–H groups in total. The van der Waals surface area contributed by atoms with E-state index in [4.69, 9.17) is 22.6 Å². The second kappa shape index (κ2) is 3.29. The summed E-state index contributed by atoms with van der Waals surface area (Å²) in [6, 6.07) is 5.49. The molecule has 0 bridgehead atoms. The van der Waals surface area contributed by atoms with Crippen LogP contribution in [0.1, 0.15) is 11.5 Å². The maximum Gasteiger partial charge on any atom is 0.166 e. The number of hydrogen-bond donors (Lipinski definition) is 1. The average Bonchev–Trinajstić information content (AvgIpc) is 2.55. The monoisotopic (exact) mass is 206 g/mol. The van der Waals surface area contributed by atoms with Crippen LogP contribution in [-0.2, 0) is 6.54 Å². The molecule has 0 atom stereocenters. The minimum absolute atomic E-state index is 0.281. The second-order valence-corrected chi connectivity index (χ2v) is 3.23. The van der Waals surface area contributed by atoms with Crippen molar-refractivity contribution in [1.29, 1.82) is 5.26 Å². The quantitative estimate of drug-likeness (QED) is 0.765. The molecule has 4 nitrogen and oxygen atoms in total. The van der Waals surface area contributed by atoms with E-state index in [1.807, 2.05) is 6.07 Å². The van der Waals surface area contributed by atoms with Crippen molar-refractivity contribution in [2.24, 2.45) is 5.73 Å². The molecule has 2 rings (SSSR count). The first-order chi connectivity index (χ1) is 6.76. The molecule has 0 spiro atoms. The van der Waals surface area contributed by atoms with Crippen LogP contribution in [0, 0.1) is 11.3 Å². The molecule has 0 amide bonds. The lowest BCUT2D eigenvalue weighted by Gasteiger charge is -1.97. The number of fused-ring (bicyclic) bond motifs is 1. The Morgan fingerprint density at radius 3 is 3.00 bits per heavy atom. The summed E-state index contributed by atoms with van der Waals surface area (Å²) in [7, 11) is 0. The fourth-order valence-corrected chi connectivity index (χ4v) is 1.51. The normalized spacial score (nSPS) is 10.4. The number of imidazole rings is 1. The van der Waals surface area contributed by atoms with Crippen LogP contribution in [0.3, 0.4) is 0 Å². The van der Waals surface area contributed by atoms with Gasteiger partial charge >= 0.3 is 0 Å². The number of nitriles is 1. The summed E-state index contributed by atoms with van der Waals surface area (Å²) in [5, 5.41) is 9.41. The third-order valence-electron chi connectivity index (χ3n) is 1.96. The zero-order valence-electron chi connectivity index (χ0n) is 7.24. The van der Waals surface area contributed by atoms with Crippen molar-refractivity contribution in [2.75, 3.05) is 0 Å². The van der Waals surface area contributed by atoms with Gasteiger partial charge < -0.3 is 5.73 Å². The van der Waals surface area contributed by atoms with Crippen LogP contribution in [0.2, 0.25) is 5.02 Å². The number of pyridine rings is 1. The van der Waals surface area contributed by atoms with E-state index in [9.17, 15) is 0 Å². The SMILES string of the molecule is N#Cc1nc(CN)n2cc(Cl)ccc12. The molecule has 0 fully saturated rings. The molecule has 0 saturated carbocycles. The molecule has 0 aromatic carbocycles. The summed E-state index contributed by atoms with van der Waals surface area (Å²) in [6.45, 7) is 0.281. The van der Waals surface area contributed by atoms with E-state index in [-0.39, 0.29) is 6.54 Å². The van der Waals surface area contributed by atoms with Crippen molar-refractivity contribution in [3.05, 3.63) is 34.9 Å². The average molecular weight is 207 g/mol. The van der Waals surface area contributed by atoms with Gasteiger partial charge in [0.15, 0.2) is 5.69 Å². The fraction of sp³-hybridized carbons (Fsp3) is 0.111. The smallest absolute Gasteiger partial charge is 0.166 e. The topological polar surface area (TPSA) is 67.1 Å². The Labute approximate surface area is 85.5 Å². The lowest BCUT2D eigenvalue weighted by molar-refractivity contribution is 0.902. The molecule has 14 heavy (non-hydrogen) atoms. The molecule has 0 aliphatic carbocycles. The van der Waals surface area contributed by atoms with Gasteiger partial charge in [0.2, 0.25) is 0 Å². The van der Waals surface area contributed by atoms with Crippen molar-refractivity contribution in [3.63, 3.8) is 0 Å². The maximum absolute atomic E-state index is 8.81. The van der Waals surface area contributed by atoms with Crippen LogP contribution in [-0.4, -0.2) is 9.38 Å². The number of halogens is 1. The standard InChI is InChI=1S/C9H7ClN4/c10-6-1-2-8-7(3-11)13-9(4-12)14(8)5-6/h1-2,5H,4,12H2. The molecule has 5 heteroatoms. The van der Waals surface area contributed by atoms with Crippen LogP contribution in [0.5, 0.6) is 0 Å². The van der Waals surface area contributed by atoms with Crippen LogP contribution < -0.4 is 5.73 Å². The van der Waals surface area contributed by atoms with Gasteiger partial charge in [-0.3, -0.25) is 4.40 Å². The van der Waals surface area contributed by atoms with Gasteiger partial charge in [0, 0.05) is 6.20 Å². The molecular weight excluding hydrogens is 200 g/mol. The molecule has 70 valence electrons. The van der Waals surface area contributed by atoms with Gasteiger partial charge in [-0.05, 0) is 12.1 Å². The van der Waals surface area contributed by atoms with E-state index in [0.29, 0.717) is 16.5 Å². The van der Waals surface area contributed by atoms with Crippen LogP contribution in [0.25, 0.3) is 5.52 Å². The summed E-state index contributed by atoms with van der Waals surface area (Å²) in [5.74, 6) is 0.638. The van der Waals surface area contributed by atoms with Gasteiger partial charge in [-0.2, -0.15) is 5.26 Å².